The maximum Gasteiger partial charge on any atom is 0.191 e. The lowest BCUT2D eigenvalue weighted by molar-refractivity contribution is 0.271. The first kappa shape index (κ1) is 25.3. The zero-order chi connectivity index (χ0) is 20.5. The van der Waals surface area contributed by atoms with E-state index in [2.05, 4.69) is 55.6 Å². The van der Waals surface area contributed by atoms with Crippen LogP contribution < -0.4 is 15.4 Å². The van der Waals surface area contributed by atoms with E-state index in [-0.39, 0.29) is 24.0 Å². The van der Waals surface area contributed by atoms with Crippen molar-refractivity contribution >= 4 is 29.9 Å². The van der Waals surface area contributed by atoms with Crippen molar-refractivity contribution in [2.75, 3.05) is 19.7 Å². The Kier molecular flexibility index (Phi) is 11.1. The first-order chi connectivity index (χ1) is 13.4. The van der Waals surface area contributed by atoms with E-state index in [0.29, 0.717) is 12.5 Å². The molecule has 2 rings (SSSR count). The standard InChI is InChI=1S/C22H35N5O.HI/c1-7-23-22(25-14-21-17(4)26-27(6)18(21)5)24-13-12-19-8-10-20(11-9-19)28-15-16(2)3;/h8-11,16H,7,12-15H2,1-6H3,(H2,23,24,25);1H. The molecule has 0 radical (unpaired) electrons. The average molecular weight is 513 g/mol. The highest BCUT2D eigenvalue weighted by Gasteiger charge is 2.09. The molecule has 0 fully saturated rings. The summed E-state index contributed by atoms with van der Waals surface area (Å²) in [5.74, 6) is 2.30. The first-order valence-corrected chi connectivity index (χ1v) is 10.1. The molecule has 0 aliphatic rings. The summed E-state index contributed by atoms with van der Waals surface area (Å²) >= 11 is 0. The topological polar surface area (TPSA) is 63.5 Å². The van der Waals surface area contributed by atoms with Gasteiger partial charge in [0.1, 0.15) is 5.75 Å². The molecule has 7 heteroatoms. The SMILES string of the molecule is CCNC(=NCc1c(C)nn(C)c1C)NCCc1ccc(OCC(C)C)cc1.I. The third-order valence-corrected chi connectivity index (χ3v) is 4.61. The number of aryl methyl sites for hydroxylation is 2. The van der Waals surface area contributed by atoms with E-state index in [1.807, 2.05) is 30.8 Å². The van der Waals surface area contributed by atoms with Crippen LogP contribution in [0.15, 0.2) is 29.3 Å². The molecule has 0 atom stereocenters. The molecule has 1 aromatic heterocycles. The van der Waals surface area contributed by atoms with Crippen LogP contribution in [0, 0.1) is 19.8 Å². The lowest BCUT2D eigenvalue weighted by atomic mass is 10.1. The van der Waals surface area contributed by atoms with Crippen molar-refractivity contribution in [1.82, 2.24) is 20.4 Å². The smallest absolute Gasteiger partial charge is 0.191 e. The number of hydrogen-bond acceptors (Lipinski definition) is 3. The predicted octanol–water partition coefficient (Wildman–Crippen LogP) is 3.99. The fourth-order valence-electron chi connectivity index (χ4n) is 2.89. The molecule has 2 N–H and O–H groups in total. The summed E-state index contributed by atoms with van der Waals surface area (Å²) in [6.07, 6.45) is 0.930. The maximum absolute atomic E-state index is 5.74. The van der Waals surface area contributed by atoms with Crippen LogP contribution in [-0.4, -0.2) is 35.4 Å². The molecule has 0 spiro atoms. The molecule has 1 aromatic carbocycles. The number of aliphatic imine (C=N–C) groups is 1. The van der Waals surface area contributed by atoms with Gasteiger partial charge in [-0.05, 0) is 50.8 Å². The molecule has 0 bridgehead atoms. The van der Waals surface area contributed by atoms with E-state index in [1.54, 1.807) is 0 Å². The Bertz CT molecular complexity index is 768. The number of benzene rings is 1. The summed E-state index contributed by atoms with van der Waals surface area (Å²) in [6, 6.07) is 8.35. The maximum atomic E-state index is 5.74. The third-order valence-electron chi connectivity index (χ3n) is 4.61. The van der Waals surface area contributed by atoms with Gasteiger partial charge < -0.3 is 15.4 Å². The number of ether oxygens (including phenoxy) is 1. The normalized spacial score (nSPS) is 11.3. The highest BCUT2D eigenvalue weighted by atomic mass is 127. The first-order valence-electron chi connectivity index (χ1n) is 10.1. The van der Waals surface area contributed by atoms with Gasteiger partial charge in [0.2, 0.25) is 0 Å². The molecule has 1 heterocycles. The number of halogens is 1. The molecule has 0 aliphatic heterocycles. The fourth-order valence-corrected chi connectivity index (χ4v) is 2.89. The van der Waals surface area contributed by atoms with Gasteiger partial charge in [0, 0.05) is 31.4 Å². The predicted molar refractivity (Wildman–Crippen MR) is 131 cm³/mol. The van der Waals surface area contributed by atoms with Crippen molar-refractivity contribution in [3.63, 3.8) is 0 Å². The van der Waals surface area contributed by atoms with E-state index < -0.39 is 0 Å². The van der Waals surface area contributed by atoms with Crippen molar-refractivity contribution in [1.29, 1.82) is 0 Å². The minimum absolute atomic E-state index is 0. The highest BCUT2D eigenvalue weighted by Crippen LogP contribution is 2.14. The summed E-state index contributed by atoms with van der Waals surface area (Å²) < 4.78 is 7.65. The van der Waals surface area contributed by atoms with Crippen LogP contribution in [0.4, 0.5) is 0 Å². The van der Waals surface area contributed by atoms with Gasteiger partial charge in [-0.2, -0.15) is 5.10 Å². The Hall–Kier alpha value is -1.77. The zero-order valence-corrected chi connectivity index (χ0v) is 20.9. The van der Waals surface area contributed by atoms with Crippen molar-refractivity contribution < 1.29 is 4.74 Å². The van der Waals surface area contributed by atoms with E-state index in [1.165, 1.54) is 11.1 Å². The molecule has 0 saturated carbocycles. The quantitative estimate of drug-likeness (QED) is 0.303. The van der Waals surface area contributed by atoms with Crippen LogP contribution in [0.2, 0.25) is 0 Å². The molecular weight excluding hydrogens is 477 g/mol. The van der Waals surface area contributed by atoms with Gasteiger partial charge in [-0.1, -0.05) is 26.0 Å². The van der Waals surface area contributed by atoms with Crippen molar-refractivity contribution in [3.05, 3.63) is 46.8 Å². The number of guanidine groups is 1. The van der Waals surface area contributed by atoms with Crippen molar-refractivity contribution in [2.24, 2.45) is 18.0 Å². The molecule has 0 amide bonds. The van der Waals surface area contributed by atoms with Crippen LogP contribution >= 0.6 is 24.0 Å². The summed E-state index contributed by atoms with van der Waals surface area (Å²) in [4.78, 5) is 4.73. The minimum Gasteiger partial charge on any atom is -0.493 e. The second kappa shape index (κ2) is 12.7. The summed E-state index contributed by atoms with van der Waals surface area (Å²) in [5.41, 5.74) is 4.67. The highest BCUT2D eigenvalue weighted by molar-refractivity contribution is 14.0. The molecule has 2 aromatic rings. The third kappa shape index (κ3) is 8.24. The number of nitrogens with zero attached hydrogens (tertiary/aromatic N) is 3. The van der Waals surface area contributed by atoms with Gasteiger partial charge in [0.05, 0.1) is 18.8 Å². The van der Waals surface area contributed by atoms with Crippen LogP contribution in [0.1, 0.15) is 43.3 Å². The van der Waals surface area contributed by atoms with Crippen LogP contribution in [0.3, 0.4) is 0 Å². The van der Waals surface area contributed by atoms with Gasteiger partial charge in [-0.25, -0.2) is 4.99 Å². The number of rotatable bonds is 9. The molecule has 6 nitrogen and oxygen atoms in total. The monoisotopic (exact) mass is 513 g/mol. The number of nitrogens with one attached hydrogen (secondary N) is 2. The fraction of sp³-hybridized carbons (Fsp3) is 0.545. The second-order valence-electron chi connectivity index (χ2n) is 7.49. The Morgan fingerprint density at radius 3 is 2.41 bits per heavy atom. The largest absolute Gasteiger partial charge is 0.493 e. The lowest BCUT2D eigenvalue weighted by Gasteiger charge is -2.12. The van der Waals surface area contributed by atoms with Gasteiger partial charge in [-0.3, -0.25) is 4.68 Å². The molecular formula is C22H36IN5O. The molecule has 0 saturated heterocycles. The summed E-state index contributed by atoms with van der Waals surface area (Å²) in [6.45, 7) is 13.5. The van der Waals surface area contributed by atoms with E-state index in [9.17, 15) is 0 Å². The van der Waals surface area contributed by atoms with E-state index >= 15 is 0 Å². The Morgan fingerprint density at radius 2 is 1.86 bits per heavy atom. The lowest BCUT2D eigenvalue weighted by Crippen LogP contribution is -2.38. The van der Waals surface area contributed by atoms with Crippen molar-refractivity contribution in [2.45, 2.75) is 47.6 Å². The molecule has 162 valence electrons. The van der Waals surface area contributed by atoms with Gasteiger partial charge >= 0.3 is 0 Å². The minimum atomic E-state index is 0. The Balaban J connectivity index is 0.00000420. The van der Waals surface area contributed by atoms with Crippen LogP contribution in [0.5, 0.6) is 5.75 Å². The Labute approximate surface area is 192 Å². The van der Waals surface area contributed by atoms with Crippen LogP contribution in [-0.2, 0) is 20.0 Å². The number of aromatic nitrogens is 2. The molecule has 0 unspecified atom stereocenters. The van der Waals surface area contributed by atoms with Crippen molar-refractivity contribution in [3.8, 4) is 5.75 Å². The second-order valence-corrected chi connectivity index (χ2v) is 7.49. The van der Waals surface area contributed by atoms with Gasteiger partial charge in [-0.15, -0.1) is 24.0 Å². The Morgan fingerprint density at radius 1 is 1.17 bits per heavy atom. The summed E-state index contributed by atoms with van der Waals surface area (Å²) in [7, 11) is 1.97. The van der Waals surface area contributed by atoms with Crippen LogP contribution in [0.25, 0.3) is 0 Å². The van der Waals surface area contributed by atoms with E-state index in [0.717, 1.165) is 49.2 Å². The summed E-state index contributed by atoms with van der Waals surface area (Å²) in [5, 5.41) is 11.2. The molecule has 29 heavy (non-hydrogen) atoms. The van der Waals surface area contributed by atoms with Gasteiger partial charge in [0.15, 0.2) is 5.96 Å². The average Bonchev–Trinajstić information content (AvgIpc) is 2.90. The zero-order valence-electron chi connectivity index (χ0n) is 18.6. The number of hydrogen-bond donors (Lipinski definition) is 2. The molecule has 0 aliphatic carbocycles. The van der Waals surface area contributed by atoms with E-state index in [4.69, 9.17) is 9.73 Å². The van der Waals surface area contributed by atoms with Gasteiger partial charge in [0.25, 0.3) is 0 Å².